The van der Waals surface area contributed by atoms with Crippen LogP contribution in [0.25, 0.3) is 0 Å². The van der Waals surface area contributed by atoms with Crippen molar-refractivity contribution in [3.05, 3.63) is 35.9 Å². The highest BCUT2D eigenvalue weighted by atomic mass is 16.6. The van der Waals surface area contributed by atoms with Gasteiger partial charge in [0.25, 0.3) is 0 Å². The molecule has 0 bridgehead atoms. The van der Waals surface area contributed by atoms with E-state index in [2.05, 4.69) is 0 Å². The molecule has 2 atom stereocenters. The first-order valence-corrected chi connectivity index (χ1v) is 6.52. The largest absolute Gasteiger partial charge is 0.445 e. The van der Waals surface area contributed by atoms with Crippen LogP contribution in [0.15, 0.2) is 30.3 Å². The Labute approximate surface area is 112 Å². The van der Waals surface area contributed by atoms with Crippen LogP contribution in [0.3, 0.4) is 0 Å². The van der Waals surface area contributed by atoms with Crippen LogP contribution in [-0.2, 0) is 20.8 Å². The topological polar surface area (TPSA) is 48.0 Å². The first kappa shape index (κ1) is 12.4. The summed E-state index contributed by atoms with van der Waals surface area (Å²) in [4.78, 5) is 13.6. The Kier molecular flexibility index (Phi) is 3.66. The van der Waals surface area contributed by atoms with Gasteiger partial charge in [0, 0.05) is 0 Å². The van der Waals surface area contributed by atoms with Crippen molar-refractivity contribution in [2.75, 3.05) is 26.3 Å². The number of benzene rings is 1. The van der Waals surface area contributed by atoms with Crippen LogP contribution in [0.1, 0.15) is 5.56 Å². The summed E-state index contributed by atoms with van der Waals surface area (Å²) in [6.45, 7) is 2.62. The van der Waals surface area contributed by atoms with Crippen LogP contribution in [0.4, 0.5) is 4.79 Å². The number of rotatable bonds is 2. The Bertz CT molecular complexity index is 422. The minimum Gasteiger partial charge on any atom is -0.445 e. The summed E-state index contributed by atoms with van der Waals surface area (Å²) in [5, 5.41) is 0. The third-order valence-corrected chi connectivity index (χ3v) is 3.43. The molecule has 2 saturated heterocycles. The van der Waals surface area contributed by atoms with Gasteiger partial charge in [-0.3, -0.25) is 0 Å². The van der Waals surface area contributed by atoms with E-state index in [1.165, 1.54) is 0 Å². The summed E-state index contributed by atoms with van der Waals surface area (Å²) in [5.74, 6) is 0. The number of ether oxygens (including phenoxy) is 3. The van der Waals surface area contributed by atoms with Crippen molar-refractivity contribution in [1.82, 2.24) is 4.90 Å². The van der Waals surface area contributed by atoms with Crippen molar-refractivity contribution in [1.29, 1.82) is 0 Å². The molecule has 1 amide bonds. The number of hydrogen-bond acceptors (Lipinski definition) is 4. The number of fused-ring (bicyclic) bond motifs is 1. The number of nitrogens with zero attached hydrogens (tertiary/aromatic N) is 1. The lowest BCUT2D eigenvalue weighted by molar-refractivity contribution is -0.116. The van der Waals surface area contributed by atoms with Crippen molar-refractivity contribution in [2.45, 2.75) is 18.8 Å². The van der Waals surface area contributed by atoms with Crippen LogP contribution in [-0.4, -0.2) is 49.5 Å². The van der Waals surface area contributed by atoms with Crippen molar-refractivity contribution >= 4 is 6.09 Å². The molecule has 0 unspecified atom stereocenters. The van der Waals surface area contributed by atoms with Gasteiger partial charge in [-0.15, -0.1) is 0 Å². The second kappa shape index (κ2) is 5.59. The highest BCUT2D eigenvalue weighted by molar-refractivity contribution is 5.68. The van der Waals surface area contributed by atoms with Gasteiger partial charge >= 0.3 is 6.09 Å². The summed E-state index contributed by atoms with van der Waals surface area (Å²) in [5.41, 5.74) is 0.986. The molecule has 0 radical (unpaired) electrons. The molecule has 0 saturated carbocycles. The SMILES string of the molecule is O=C(OCc1ccccc1)N1C[C@H]2OCCO[C@@H]2C1. The second-order valence-electron chi connectivity index (χ2n) is 4.76. The number of amides is 1. The maximum atomic E-state index is 12.0. The van der Waals surface area contributed by atoms with Crippen LogP contribution in [0, 0.1) is 0 Å². The van der Waals surface area contributed by atoms with Gasteiger partial charge in [-0.1, -0.05) is 30.3 Å². The summed E-state index contributed by atoms with van der Waals surface area (Å²) < 4.78 is 16.4. The van der Waals surface area contributed by atoms with Gasteiger partial charge in [-0.25, -0.2) is 4.79 Å². The van der Waals surface area contributed by atoms with E-state index in [-0.39, 0.29) is 18.3 Å². The molecule has 0 spiro atoms. The zero-order valence-electron chi connectivity index (χ0n) is 10.7. The van der Waals surface area contributed by atoms with Crippen LogP contribution >= 0.6 is 0 Å². The molecule has 2 aliphatic heterocycles. The van der Waals surface area contributed by atoms with E-state index < -0.39 is 0 Å². The zero-order chi connectivity index (χ0) is 13.1. The Morgan fingerprint density at radius 3 is 2.42 bits per heavy atom. The maximum absolute atomic E-state index is 12.0. The molecule has 0 N–H and O–H groups in total. The van der Waals surface area contributed by atoms with Gasteiger partial charge in [-0.05, 0) is 5.56 Å². The second-order valence-corrected chi connectivity index (χ2v) is 4.76. The van der Waals surface area contributed by atoms with Crippen LogP contribution in [0.5, 0.6) is 0 Å². The molecular weight excluding hydrogens is 246 g/mol. The zero-order valence-corrected chi connectivity index (χ0v) is 10.7. The van der Waals surface area contributed by atoms with Crippen molar-refractivity contribution in [2.24, 2.45) is 0 Å². The molecule has 1 aromatic carbocycles. The third-order valence-electron chi connectivity index (χ3n) is 3.43. The van der Waals surface area contributed by atoms with Gasteiger partial charge in [-0.2, -0.15) is 0 Å². The first-order chi connectivity index (χ1) is 9.33. The fourth-order valence-corrected chi connectivity index (χ4v) is 2.42. The molecule has 2 heterocycles. The number of likely N-dealkylation sites (tertiary alicyclic amines) is 1. The molecule has 5 nitrogen and oxygen atoms in total. The number of carbonyl (C=O) groups is 1. The molecule has 5 heteroatoms. The lowest BCUT2D eigenvalue weighted by Crippen LogP contribution is -2.36. The minimum absolute atomic E-state index is 0.00183. The number of hydrogen-bond donors (Lipinski definition) is 0. The molecule has 19 heavy (non-hydrogen) atoms. The standard InChI is InChI=1S/C14H17NO4/c16-14(19-10-11-4-2-1-3-5-11)15-8-12-13(9-15)18-7-6-17-12/h1-5,12-13H,6-10H2/t12-,13-/m1/s1. The summed E-state index contributed by atoms with van der Waals surface area (Å²) >= 11 is 0. The molecule has 102 valence electrons. The highest BCUT2D eigenvalue weighted by Gasteiger charge is 2.39. The summed E-state index contributed by atoms with van der Waals surface area (Å²) in [7, 11) is 0. The highest BCUT2D eigenvalue weighted by Crippen LogP contribution is 2.20. The predicted molar refractivity (Wildman–Crippen MR) is 67.7 cm³/mol. The lowest BCUT2D eigenvalue weighted by Gasteiger charge is -2.24. The monoisotopic (exact) mass is 263 g/mol. The maximum Gasteiger partial charge on any atom is 0.410 e. The number of carbonyl (C=O) groups excluding carboxylic acids is 1. The minimum atomic E-state index is -0.301. The van der Waals surface area contributed by atoms with E-state index in [0.29, 0.717) is 32.9 Å². The van der Waals surface area contributed by atoms with E-state index in [0.717, 1.165) is 5.56 Å². The summed E-state index contributed by atoms with van der Waals surface area (Å²) in [6, 6.07) is 9.65. The van der Waals surface area contributed by atoms with E-state index in [1.54, 1.807) is 4.90 Å². The third kappa shape index (κ3) is 2.88. The fourth-order valence-electron chi connectivity index (χ4n) is 2.42. The van der Waals surface area contributed by atoms with Crippen molar-refractivity contribution in [3.8, 4) is 0 Å². The Morgan fingerprint density at radius 2 is 1.79 bits per heavy atom. The molecule has 3 rings (SSSR count). The average molecular weight is 263 g/mol. The van der Waals surface area contributed by atoms with E-state index in [9.17, 15) is 4.79 Å². The molecule has 0 aliphatic carbocycles. The Hall–Kier alpha value is -1.59. The molecule has 2 fully saturated rings. The van der Waals surface area contributed by atoms with Gasteiger partial charge < -0.3 is 19.1 Å². The summed E-state index contributed by atoms with van der Waals surface area (Å²) in [6.07, 6.45) is -0.304. The van der Waals surface area contributed by atoms with Crippen LogP contribution < -0.4 is 0 Å². The Balaban J connectivity index is 1.51. The van der Waals surface area contributed by atoms with E-state index >= 15 is 0 Å². The molecule has 1 aromatic rings. The van der Waals surface area contributed by atoms with E-state index in [4.69, 9.17) is 14.2 Å². The molecule has 2 aliphatic rings. The van der Waals surface area contributed by atoms with Gasteiger partial charge in [0.1, 0.15) is 18.8 Å². The van der Waals surface area contributed by atoms with Crippen LogP contribution in [0.2, 0.25) is 0 Å². The first-order valence-electron chi connectivity index (χ1n) is 6.52. The normalized spacial score (nSPS) is 26.0. The average Bonchev–Trinajstić information content (AvgIpc) is 2.90. The van der Waals surface area contributed by atoms with Gasteiger partial charge in [0.15, 0.2) is 0 Å². The predicted octanol–water partition coefficient (Wildman–Crippen LogP) is 1.42. The fraction of sp³-hybridized carbons (Fsp3) is 0.500. The van der Waals surface area contributed by atoms with Gasteiger partial charge in [0.05, 0.1) is 26.3 Å². The lowest BCUT2D eigenvalue weighted by atomic mass is 10.2. The quantitative estimate of drug-likeness (QED) is 0.809. The van der Waals surface area contributed by atoms with Crippen molar-refractivity contribution in [3.63, 3.8) is 0 Å². The van der Waals surface area contributed by atoms with Gasteiger partial charge in [0.2, 0.25) is 0 Å². The van der Waals surface area contributed by atoms with Crippen molar-refractivity contribution < 1.29 is 19.0 Å². The molecule has 0 aromatic heterocycles. The Morgan fingerprint density at radius 1 is 1.16 bits per heavy atom. The van der Waals surface area contributed by atoms with E-state index in [1.807, 2.05) is 30.3 Å². The smallest absolute Gasteiger partial charge is 0.410 e. The molecular formula is C14H17NO4.